The molecule has 1 heterocycles. The highest BCUT2D eigenvalue weighted by atomic mass is 16.2. The molecule has 0 aromatic carbocycles. The molecule has 4 heteroatoms. The average molecular weight is 241 g/mol. The normalized spacial score (nSPS) is 27.8. The predicted octanol–water partition coefficient (Wildman–Crippen LogP) is 0.960. The van der Waals surface area contributed by atoms with Gasteiger partial charge in [0.1, 0.15) is 0 Å². The van der Waals surface area contributed by atoms with Crippen molar-refractivity contribution in [3.8, 4) is 0 Å². The van der Waals surface area contributed by atoms with Gasteiger partial charge < -0.3 is 11.1 Å². The summed E-state index contributed by atoms with van der Waals surface area (Å²) in [5.41, 5.74) is 6.06. The van der Waals surface area contributed by atoms with E-state index in [9.17, 15) is 4.79 Å². The standard InChI is InChI=1S/C13H27N3O/c1-4-10(3)15-13(17)9-16-7-6-12(14)11(5-2)8-16/h10-12H,4-9,14H2,1-3H3,(H,15,17). The predicted molar refractivity (Wildman–Crippen MR) is 70.7 cm³/mol. The van der Waals surface area contributed by atoms with Crippen LogP contribution in [-0.4, -0.2) is 42.5 Å². The largest absolute Gasteiger partial charge is 0.353 e. The number of amides is 1. The first-order valence-corrected chi connectivity index (χ1v) is 6.84. The summed E-state index contributed by atoms with van der Waals surface area (Å²) in [6.45, 7) is 8.73. The van der Waals surface area contributed by atoms with E-state index >= 15 is 0 Å². The van der Waals surface area contributed by atoms with Crippen LogP contribution in [0.25, 0.3) is 0 Å². The maximum atomic E-state index is 11.8. The molecule has 0 bridgehead atoms. The molecule has 0 aromatic rings. The zero-order chi connectivity index (χ0) is 12.8. The minimum atomic E-state index is 0.143. The molecule has 1 aliphatic heterocycles. The molecule has 1 aliphatic rings. The number of carbonyl (C=O) groups excluding carboxylic acids is 1. The van der Waals surface area contributed by atoms with Crippen molar-refractivity contribution in [3.05, 3.63) is 0 Å². The molecule has 3 N–H and O–H groups in total. The molecule has 3 atom stereocenters. The highest BCUT2D eigenvalue weighted by molar-refractivity contribution is 5.78. The Labute approximate surface area is 105 Å². The Kier molecular flexibility index (Phi) is 5.92. The first kappa shape index (κ1) is 14.5. The molecule has 1 rings (SSSR count). The fraction of sp³-hybridized carbons (Fsp3) is 0.923. The number of likely N-dealkylation sites (tertiary alicyclic amines) is 1. The minimum absolute atomic E-state index is 0.143. The van der Waals surface area contributed by atoms with E-state index in [2.05, 4.69) is 24.1 Å². The van der Waals surface area contributed by atoms with E-state index in [0.717, 1.165) is 32.4 Å². The van der Waals surface area contributed by atoms with Crippen LogP contribution in [0.5, 0.6) is 0 Å². The van der Waals surface area contributed by atoms with Gasteiger partial charge in [0.05, 0.1) is 6.54 Å². The van der Waals surface area contributed by atoms with Gasteiger partial charge in [-0.1, -0.05) is 20.3 Å². The molecule has 100 valence electrons. The quantitative estimate of drug-likeness (QED) is 0.754. The van der Waals surface area contributed by atoms with Crippen LogP contribution >= 0.6 is 0 Å². The molecule has 1 fully saturated rings. The summed E-state index contributed by atoms with van der Waals surface area (Å²) in [6.07, 6.45) is 3.09. The molecule has 1 saturated heterocycles. The van der Waals surface area contributed by atoms with Gasteiger partial charge in [-0.2, -0.15) is 0 Å². The van der Waals surface area contributed by atoms with E-state index in [1.54, 1.807) is 0 Å². The molecule has 1 amide bonds. The van der Waals surface area contributed by atoms with Crippen LogP contribution in [0.2, 0.25) is 0 Å². The van der Waals surface area contributed by atoms with E-state index in [0.29, 0.717) is 18.5 Å². The summed E-state index contributed by atoms with van der Waals surface area (Å²) in [5, 5.41) is 3.01. The van der Waals surface area contributed by atoms with Crippen LogP contribution in [0.1, 0.15) is 40.0 Å². The number of piperidine rings is 1. The van der Waals surface area contributed by atoms with Crippen LogP contribution in [0.15, 0.2) is 0 Å². The third-order valence-corrected chi connectivity index (χ3v) is 3.79. The number of nitrogens with one attached hydrogen (secondary N) is 1. The summed E-state index contributed by atoms with van der Waals surface area (Å²) in [7, 11) is 0. The van der Waals surface area contributed by atoms with Gasteiger partial charge in [-0.15, -0.1) is 0 Å². The van der Waals surface area contributed by atoms with Gasteiger partial charge in [-0.05, 0) is 25.7 Å². The van der Waals surface area contributed by atoms with Gasteiger partial charge >= 0.3 is 0 Å². The van der Waals surface area contributed by atoms with Gasteiger partial charge in [0.15, 0.2) is 0 Å². The fourth-order valence-electron chi connectivity index (χ4n) is 2.33. The zero-order valence-corrected chi connectivity index (χ0v) is 11.4. The Balaban J connectivity index is 2.34. The van der Waals surface area contributed by atoms with Crippen molar-refractivity contribution in [2.75, 3.05) is 19.6 Å². The molecule has 3 unspecified atom stereocenters. The van der Waals surface area contributed by atoms with Gasteiger partial charge in [0.2, 0.25) is 5.91 Å². The van der Waals surface area contributed by atoms with E-state index in [4.69, 9.17) is 5.73 Å². The van der Waals surface area contributed by atoms with Crippen molar-refractivity contribution in [1.82, 2.24) is 10.2 Å². The van der Waals surface area contributed by atoms with Crippen molar-refractivity contribution in [1.29, 1.82) is 0 Å². The molecule has 0 aliphatic carbocycles. The number of hydrogen-bond donors (Lipinski definition) is 2. The number of nitrogens with two attached hydrogens (primary N) is 1. The van der Waals surface area contributed by atoms with E-state index in [1.807, 2.05) is 6.92 Å². The third-order valence-electron chi connectivity index (χ3n) is 3.79. The van der Waals surface area contributed by atoms with E-state index < -0.39 is 0 Å². The van der Waals surface area contributed by atoms with E-state index in [-0.39, 0.29) is 11.9 Å². The Morgan fingerprint density at radius 1 is 1.53 bits per heavy atom. The molecule has 0 aromatic heterocycles. The summed E-state index contributed by atoms with van der Waals surface area (Å²) in [4.78, 5) is 14.0. The first-order valence-electron chi connectivity index (χ1n) is 6.84. The van der Waals surface area contributed by atoms with Gasteiger partial charge in [0.25, 0.3) is 0 Å². The van der Waals surface area contributed by atoms with Crippen LogP contribution in [0.4, 0.5) is 0 Å². The molecule has 0 spiro atoms. The number of rotatable bonds is 5. The molecule has 17 heavy (non-hydrogen) atoms. The summed E-state index contributed by atoms with van der Waals surface area (Å²) in [6, 6.07) is 0.588. The van der Waals surface area contributed by atoms with Crippen molar-refractivity contribution >= 4 is 5.91 Å². The lowest BCUT2D eigenvalue weighted by molar-refractivity contribution is -0.123. The van der Waals surface area contributed by atoms with Crippen LogP contribution < -0.4 is 11.1 Å². The van der Waals surface area contributed by atoms with Gasteiger partial charge in [0, 0.05) is 25.2 Å². The highest BCUT2D eigenvalue weighted by Crippen LogP contribution is 2.17. The molecule has 4 nitrogen and oxygen atoms in total. The molecule has 0 radical (unpaired) electrons. The molecule has 0 saturated carbocycles. The SMILES string of the molecule is CCC(C)NC(=O)CN1CCC(N)C(CC)C1. The Bertz CT molecular complexity index is 245. The molecular weight excluding hydrogens is 214 g/mol. The lowest BCUT2D eigenvalue weighted by Crippen LogP contribution is -2.50. The Hall–Kier alpha value is -0.610. The number of nitrogens with zero attached hydrogens (tertiary/aromatic N) is 1. The lowest BCUT2D eigenvalue weighted by atomic mass is 9.91. The summed E-state index contributed by atoms with van der Waals surface area (Å²) in [5.74, 6) is 0.685. The lowest BCUT2D eigenvalue weighted by Gasteiger charge is -2.36. The number of hydrogen-bond acceptors (Lipinski definition) is 3. The van der Waals surface area contributed by atoms with Crippen molar-refractivity contribution < 1.29 is 4.79 Å². The van der Waals surface area contributed by atoms with Crippen LogP contribution in [-0.2, 0) is 4.79 Å². The maximum Gasteiger partial charge on any atom is 0.234 e. The minimum Gasteiger partial charge on any atom is -0.353 e. The van der Waals surface area contributed by atoms with Gasteiger partial charge in [-0.3, -0.25) is 9.69 Å². The Morgan fingerprint density at radius 3 is 2.82 bits per heavy atom. The Morgan fingerprint density at radius 2 is 2.24 bits per heavy atom. The van der Waals surface area contributed by atoms with E-state index in [1.165, 1.54) is 0 Å². The van der Waals surface area contributed by atoms with Crippen molar-refractivity contribution in [2.45, 2.75) is 52.1 Å². The third kappa shape index (κ3) is 4.64. The second-order valence-corrected chi connectivity index (χ2v) is 5.23. The monoisotopic (exact) mass is 241 g/mol. The van der Waals surface area contributed by atoms with Gasteiger partial charge in [-0.25, -0.2) is 0 Å². The summed E-state index contributed by atoms with van der Waals surface area (Å²) < 4.78 is 0. The summed E-state index contributed by atoms with van der Waals surface area (Å²) >= 11 is 0. The highest BCUT2D eigenvalue weighted by Gasteiger charge is 2.26. The smallest absolute Gasteiger partial charge is 0.234 e. The maximum absolute atomic E-state index is 11.8. The van der Waals surface area contributed by atoms with Crippen LogP contribution in [0.3, 0.4) is 0 Å². The molecular formula is C13H27N3O. The fourth-order valence-corrected chi connectivity index (χ4v) is 2.33. The first-order chi connectivity index (χ1) is 8.06. The zero-order valence-electron chi connectivity index (χ0n) is 11.4. The van der Waals surface area contributed by atoms with Crippen LogP contribution in [0, 0.1) is 5.92 Å². The average Bonchev–Trinajstić information content (AvgIpc) is 2.31. The second-order valence-electron chi connectivity index (χ2n) is 5.23. The van der Waals surface area contributed by atoms with Crippen molar-refractivity contribution in [2.24, 2.45) is 11.7 Å². The number of carbonyl (C=O) groups is 1. The van der Waals surface area contributed by atoms with Crippen molar-refractivity contribution in [3.63, 3.8) is 0 Å². The second kappa shape index (κ2) is 6.97. The topological polar surface area (TPSA) is 58.4 Å².